The van der Waals surface area contributed by atoms with E-state index in [2.05, 4.69) is 4.98 Å². The van der Waals surface area contributed by atoms with Crippen molar-refractivity contribution in [3.8, 4) is 10.6 Å². The lowest BCUT2D eigenvalue weighted by atomic mass is 10.1. The summed E-state index contributed by atoms with van der Waals surface area (Å²) in [6.07, 6.45) is 0.502. The summed E-state index contributed by atoms with van der Waals surface area (Å²) >= 11 is 1.58. The van der Waals surface area contributed by atoms with E-state index in [4.69, 9.17) is 10.2 Å². The van der Waals surface area contributed by atoms with Crippen LogP contribution in [0.3, 0.4) is 0 Å². The van der Waals surface area contributed by atoms with Crippen LogP contribution in [0.25, 0.3) is 10.6 Å². The number of aryl methyl sites for hydroxylation is 1. The summed E-state index contributed by atoms with van der Waals surface area (Å²) in [7, 11) is 0. The number of amides is 1. The van der Waals surface area contributed by atoms with Crippen molar-refractivity contribution in [2.45, 2.75) is 13.3 Å². The molecule has 0 saturated heterocycles. The first kappa shape index (κ1) is 16.6. The van der Waals surface area contributed by atoms with E-state index in [0.717, 1.165) is 16.3 Å². The molecule has 2 aromatic rings. The maximum absolute atomic E-state index is 12.4. The third-order valence-corrected chi connectivity index (χ3v) is 4.25. The SMILES string of the molecule is Cc1csc(-c2ccc(C(=O)N(CCO)CCCO)cc2)n1. The van der Waals surface area contributed by atoms with E-state index in [1.54, 1.807) is 28.4 Å². The van der Waals surface area contributed by atoms with Gasteiger partial charge in [-0.3, -0.25) is 4.79 Å². The summed E-state index contributed by atoms with van der Waals surface area (Å²) in [6, 6.07) is 7.32. The number of carbonyl (C=O) groups is 1. The number of benzene rings is 1. The van der Waals surface area contributed by atoms with Crippen molar-refractivity contribution in [3.63, 3.8) is 0 Å². The number of thiazole rings is 1. The Labute approximate surface area is 133 Å². The molecule has 0 unspecified atom stereocenters. The van der Waals surface area contributed by atoms with Crippen LogP contribution < -0.4 is 0 Å². The van der Waals surface area contributed by atoms with Crippen molar-refractivity contribution in [2.75, 3.05) is 26.3 Å². The van der Waals surface area contributed by atoms with Crippen LogP contribution in [-0.2, 0) is 0 Å². The van der Waals surface area contributed by atoms with Crippen LogP contribution in [0.15, 0.2) is 29.6 Å². The van der Waals surface area contributed by atoms with Crippen molar-refractivity contribution in [1.29, 1.82) is 0 Å². The Kier molecular flexibility index (Phi) is 6.06. The quantitative estimate of drug-likeness (QED) is 0.817. The van der Waals surface area contributed by atoms with Gasteiger partial charge in [0.15, 0.2) is 0 Å². The Morgan fingerprint density at radius 1 is 1.18 bits per heavy atom. The molecule has 1 heterocycles. The van der Waals surface area contributed by atoms with Crippen molar-refractivity contribution in [1.82, 2.24) is 9.88 Å². The van der Waals surface area contributed by atoms with Gasteiger partial charge in [0.25, 0.3) is 5.91 Å². The molecule has 1 amide bonds. The Morgan fingerprint density at radius 2 is 1.91 bits per heavy atom. The number of aromatic nitrogens is 1. The molecule has 0 saturated carbocycles. The molecule has 0 bridgehead atoms. The zero-order valence-electron chi connectivity index (χ0n) is 12.5. The van der Waals surface area contributed by atoms with Gasteiger partial charge in [-0.05, 0) is 25.5 Å². The highest BCUT2D eigenvalue weighted by Gasteiger charge is 2.15. The zero-order valence-corrected chi connectivity index (χ0v) is 13.3. The van der Waals surface area contributed by atoms with Crippen LogP contribution in [0, 0.1) is 6.92 Å². The minimum absolute atomic E-state index is 0.0253. The number of aliphatic hydroxyl groups excluding tert-OH is 2. The number of hydrogen-bond donors (Lipinski definition) is 2. The van der Waals surface area contributed by atoms with Crippen LogP contribution in [0.1, 0.15) is 22.5 Å². The molecular formula is C16H20N2O3S. The fourth-order valence-corrected chi connectivity index (χ4v) is 2.93. The van der Waals surface area contributed by atoms with E-state index in [0.29, 0.717) is 18.5 Å². The van der Waals surface area contributed by atoms with Gasteiger partial charge in [-0.25, -0.2) is 4.98 Å². The number of hydrogen-bond acceptors (Lipinski definition) is 5. The van der Waals surface area contributed by atoms with Crippen LogP contribution in [-0.4, -0.2) is 52.3 Å². The Bertz CT molecular complexity index is 610. The minimum atomic E-state index is -0.135. The van der Waals surface area contributed by atoms with Gasteiger partial charge in [-0.2, -0.15) is 0 Å². The van der Waals surface area contributed by atoms with Gasteiger partial charge >= 0.3 is 0 Å². The van der Waals surface area contributed by atoms with Gasteiger partial charge in [0.05, 0.1) is 6.61 Å². The standard InChI is InChI=1S/C16H20N2O3S/c1-12-11-22-15(17-12)13-3-5-14(6-4-13)16(21)18(8-10-20)7-2-9-19/h3-6,11,19-20H,2,7-10H2,1H3. The third kappa shape index (κ3) is 4.13. The first-order valence-electron chi connectivity index (χ1n) is 7.19. The van der Waals surface area contributed by atoms with Gasteiger partial charge in [0, 0.05) is 41.9 Å². The number of carbonyl (C=O) groups excluding carboxylic acids is 1. The van der Waals surface area contributed by atoms with E-state index in [1.165, 1.54) is 0 Å². The summed E-state index contributed by atoms with van der Waals surface area (Å²) < 4.78 is 0. The average molecular weight is 320 g/mol. The highest BCUT2D eigenvalue weighted by atomic mass is 32.1. The smallest absolute Gasteiger partial charge is 0.253 e. The van der Waals surface area contributed by atoms with Gasteiger partial charge in [0.1, 0.15) is 5.01 Å². The molecule has 0 fully saturated rings. The number of rotatable bonds is 7. The third-order valence-electron chi connectivity index (χ3n) is 3.24. The predicted molar refractivity (Wildman–Crippen MR) is 87.0 cm³/mol. The van der Waals surface area contributed by atoms with Crippen LogP contribution in [0.2, 0.25) is 0 Å². The monoisotopic (exact) mass is 320 g/mol. The maximum atomic E-state index is 12.4. The van der Waals surface area contributed by atoms with Crippen molar-refractivity contribution in [3.05, 3.63) is 40.9 Å². The first-order chi connectivity index (χ1) is 10.7. The Balaban J connectivity index is 2.12. The van der Waals surface area contributed by atoms with Gasteiger partial charge in [-0.15, -0.1) is 11.3 Å². The lowest BCUT2D eigenvalue weighted by Crippen LogP contribution is -2.34. The lowest BCUT2D eigenvalue weighted by molar-refractivity contribution is 0.0710. The normalized spacial score (nSPS) is 10.7. The fourth-order valence-electron chi connectivity index (χ4n) is 2.12. The largest absolute Gasteiger partial charge is 0.396 e. The summed E-state index contributed by atoms with van der Waals surface area (Å²) in [5, 5.41) is 20.9. The number of aliphatic hydroxyl groups is 2. The highest BCUT2D eigenvalue weighted by Crippen LogP contribution is 2.24. The Morgan fingerprint density at radius 3 is 2.45 bits per heavy atom. The van der Waals surface area contributed by atoms with Crippen molar-refractivity contribution >= 4 is 17.2 Å². The molecule has 0 aliphatic carbocycles. The number of nitrogens with zero attached hydrogens (tertiary/aromatic N) is 2. The second-order valence-corrected chi connectivity index (χ2v) is 5.82. The maximum Gasteiger partial charge on any atom is 0.253 e. The van der Waals surface area contributed by atoms with Crippen molar-refractivity contribution in [2.24, 2.45) is 0 Å². The van der Waals surface area contributed by atoms with E-state index < -0.39 is 0 Å². The zero-order chi connectivity index (χ0) is 15.9. The van der Waals surface area contributed by atoms with Crippen LogP contribution in [0.4, 0.5) is 0 Å². The van der Waals surface area contributed by atoms with Crippen LogP contribution >= 0.6 is 11.3 Å². The predicted octanol–water partition coefficient (Wildman–Crippen LogP) is 1.94. The molecule has 2 N–H and O–H groups in total. The summed E-state index contributed by atoms with van der Waals surface area (Å²) in [5.74, 6) is -0.135. The topological polar surface area (TPSA) is 73.7 Å². The van der Waals surface area contributed by atoms with Gasteiger partial charge in [0.2, 0.25) is 0 Å². The van der Waals surface area contributed by atoms with Crippen LogP contribution in [0.5, 0.6) is 0 Å². The summed E-state index contributed by atoms with van der Waals surface area (Å²) in [4.78, 5) is 18.4. The molecular weight excluding hydrogens is 300 g/mol. The molecule has 22 heavy (non-hydrogen) atoms. The van der Waals surface area contributed by atoms with E-state index in [9.17, 15) is 4.79 Å². The van der Waals surface area contributed by atoms with Gasteiger partial charge in [-0.1, -0.05) is 12.1 Å². The molecule has 2 rings (SSSR count). The van der Waals surface area contributed by atoms with Gasteiger partial charge < -0.3 is 15.1 Å². The molecule has 0 atom stereocenters. The second kappa shape index (κ2) is 8.03. The first-order valence-corrected chi connectivity index (χ1v) is 8.07. The molecule has 118 valence electrons. The molecule has 6 heteroatoms. The molecule has 5 nitrogen and oxygen atoms in total. The summed E-state index contributed by atoms with van der Waals surface area (Å²) in [5.41, 5.74) is 2.54. The van der Waals surface area contributed by atoms with E-state index >= 15 is 0 Å². The molecule has 0 aliphatic heterocycles. The van der Waals surface area contributed by atoms with E-state index in [1.807, 2.05) is 24.4 Å². The lowest BCUT2D eigenvalue weighted by Gasteiger charge is -2.21. The second-order valence-electron chi connectivity index (χ2n) is 4.96. The summed E-state index contributed by atoms with van der Waals surface area (Å²) in [6.45, 7) is 2.59. The molecule has 0 radical (unpaired) electrons. The minimum Gasteiger partial charge on any atom is -0.396 e. The van der Waals surface area contributed by atoms with Crippen molar-refractivity contribution < 1.29 is 15.0 Å². The fraction of sp³-hybridized carbons (Fsp3) is 0.375. The molecule has 1 aromatic carbocycles. The van der Waals surface area contributed by atoms with E-state index in [-0.39, 0.29) is 25.7 Å². The Hall–Kier alpha value is -1.76. The molecule has 0 spiro atoms. The average Bonchev–Trinajstić information content (AvgIpc) is 2.97. The molecule has 1 aromatic heterocycles. The molecule has 0 aliphatic rings. The highest BCUT2D eigenvalue weighted by molar-refractivity contribution is 7.13.